The van der Waals surface area contributed by atoms with Gasteiger partial charge in [-0.15, -0.1) is 0 Å². The third-order valence-electron chi connectivity index (χ3n) is 11.4. The van der Waals surface area contributed by atoms with E-state index < -0.39 is 0 Å². The predicted molar refractivity (Wildman–Crippen MR) is 238 cm³/mol. The molecule has 5 nitrogen and oxygen atoms in total. The van der Waals surface area contributed by atoms with Crippen molar-refractivity contribution >= 4 is 65.3 Å². The Morgan fingerprint density at radius 3 is 1.76 bits per heavy atom. The van der Waals surface area contributed by atoms with Gasteiger partial charge in [-0.25, -0.2) is 15.0 Å². The number of para-hydroxylation sites is 2. The molecule has 9 aromatic carbocycles. The van der Waals surface area contributed by atoms with Crippen molar-refractivity contribution in [2.75, 3.05) is 0 Å². The summed E-state index contributed by atoms with van der Waals surface area (Å²) >= 11 is 0. The number of benzene rings is 9. The van der Waals surface area contributed by atoms with Gasteiger partial charge in [0.25, 0.3) is 0 Å². The van der Waals surface area contributed by atoms with E-state index in [1.54, 1.807) is 0 Å². The van der Waals surface area contributed by atoms with E-state index in [4.69, 9.17) is 19.4 Å². The van der Waals surface area contributed by atoms with Crippen molar-refractivity contribution in [1.82, 2.24) is 19.5 Å². The van der Waals surface area contributed by atoms with Crippen molar-refractivity contribution in [3.63, 3.8) is 0 Å². The van der Waals surface area contributed by atoms with Crippen molar-refractivity contribution in [2.45, 2.75) is 0 Å². The Morgan fingerprint density at radius 2 is 0.931 bits per heavy atom. The highest BCUT2D eigenvalue weighted by atomic mass is 16.3. The smallest absolute Gasteiger partial charge is 0.166 e. The Labute approximate surface area is 333 Å². The van der Waals surface area contributed by atoms with E-state index in [1.807, 2.05) is 18.2 Å². The average molecular weight is 741 g/mol. The van der Waals surface area contributed by atoms with Crippen molar-refractivity contribution in [3.05, 3.63) is 194 Å². The first-order valence-electron chi connectivity index (χ1n) is 19.5. The number of furan rings is 1. The molecule has 0 saturated carbocycles. The second-order valence-electron chi connectivity index (χ2n) is 14.8. The molecule has 5 heteroatoms. The monoisotopic (exact) mass is 740 g/mol. The largest absolute Gasteiger partial charge is 0.456 e. The zero-order chi connectivity index (χ0) is 38.2. The van der Waals surface area contributed by atoms with Crippen LogP contribution in [0.5, 0.6) is 0 Å². The zero-order valence-electron chi connectivity index (χ0n) is 31.2. The third kappa shape index (κ3) is 5.14. The van der Waals surface area contributed by atoms with Crippen LogP contribution in [0.15, 0.2) is 199 Å². The topological polar surface area (TPSA) is 56.7 Å². The van der Waals surface area contributed by atoms with Gasteiger partial charge in [-0.2, -0.15) is 0 Å². The highest BCUT2D eigenvalue weighted by Gasteiger charge is 2.23. The molecule has 12 aromatic rings. The van der Waals surface area contributed by atoms with E-state index in [0.717, 1.165) is 77.2 Å². The maximum Gasteiger partial charge on any atom is 0.166 e. The molecule has 3 heterocycles. The Balaban J connectivity index is 1.18. The van der Waals surface area contributed by atoms with E-state index >= 15 is 0 Å². The summed E-state index contributed by atoms with van der Waals surface area (Å²) in [5.74, 6) is 1.79. The van der Waals surface area contributed by atoms with Crippen molar-refractivity contribution in [2.24, 2.45) is 0 Å². The van der Waals surface area contributed by atoms with E-state index in [-0.39, 0.29) is 0 Å². The normalized spacial score (nSPS) is 11.8. The van der Waals surface area contributed by atoms with E-state index in [2.05, 4.69) is 180 Å². The average Bonchev–Trinajstić information content (AvgIpc) is 3.82. The lowest BCUT2D eigenvalue weighted by atomic mass is 10.0. The number of nitrogens with zero attached hydrogens (tertiary/aromatic N) is 4. The molecule has 0 aliphatic heterocycles. The molecule has 0 amide bonds. The van der Waals surface area contributed by atoms with Crippen LogP contribution in [0.1, 0.15) is 0 Å². The Kier molecular flexibility index (Phi) is 7.16. The van der Waals surface area contributed by atoms with Gasteiger partial charge in [-0.3, -0.25) is 0 Å². The van der Waals surface area contributed by atoms with Crippen LogP contribution in [0.25, 0.3) is 116 Å². The van der Waals surface area contributed by atoms with Gasteiger partial charge < -0.3 is 8.98 Å². The fourth-order valence-electron chi connectivity index (χ4n) is 8.65. The first kappa shape index (κ1) is 32.4. The molecule has 0 radical (unpaired) electrons. The number of hydrogen-bond donors (Lipinski definition) is 0. The van der Waals surface area contributed by atoms with Gasteiger partial charge >= 0.3 is 0 Å². The molecule has 0 spiro atoms. The third-order valence-corrected chi connectivity index (χ3v) is 11.4. The molecule has 0 unspecified atom stereocenters. The van der Waals surface area contributed by atoms with Gasteiger partial charge in [-0.05, 0) is 63.0 Å². The molecule has 12 rings (SSSR count). The molecule has 0 bridgehead atoms. The summed E-state index contributed by atoms with van der Waals surface area (Å²) < 4.78 is 8.95. The number of fused-ring (bicyclic) bond motifs is 8. The minimum absolute atomic E-state index is 0.578. The van der Waals surface area contributed by atoms with Crippen LogP contribution in [-0.4, -0.2) is 19.5 Å². The lowest BCUT2D eigenvalue weighted by Gasteiger charge is -2.16. The van der Waals surface area contributed by atoms with Crippen molar-refractivity contribution < 1.29 is 4.42 Å². The highest BCUT2D eigenvalue weighted by molar-refractivity contribution is 6.15. The van der Waals surface area contributed by atoms with Gasteiger partial charge in [0.2, 0.25) is 0 Å². The quantitative estimate of drug-likeness (QED) is 0.176. The Bertz CT molecular complexity index is 3560. The number of hydrogen-bond acceptors (Lipinski definition) is 4. The second-order valence-corrected chi connectivity index (χ2v) is 14.8. The highest BCUT2D eigenvalue weighted by Crippen LogP contribution is 2.42. The molecule has 0 saturated heterocycles. The standard InChI is InChI=1S/C53H32N4O/c1-2-13-33(14-3-1)34-25-27-36(28-26-34)51-54-52(42-22-12-18-35-15-6-7-19-39(35)42)56-53(55-51)45-31-44-41-21-9-11-24-49(41)58-50(44)32-48(45)57-46-23-10-8-20-40(46)43-29-37-16-4-5-17-38(37)30-47(43)57/h1-32H. The van der Waals surface area contributed by atoms with Gasteiger partial charge in [-0.1, -0.05) is 158 Å². The van der Waals surface area contributed by atoms with Crippen molar-refractivity contribution in [1.29, 1.82) is 0 Å². The van der Waals surface area contributed by atoms with E-state index in [1.165, 1.54) is 21.5 Å². The molecule has 0 fully saturated rings. The molecular weight excluding hydrogens is 709 g/mol. The number of rotatable bonds is 5. The van der Waals surface area contributed by atoms with E-state index in [9.17, 15) is 0 Å². The maximum atomic E-state index is 6.59. The summed E-state index contributed by atoms with van der Waals surface area (Å²) in [4.78, 5) is 16.0. The SMILES string of the molecule is c1ccc(-c2ccc(-c3nc(-c4cc5c(cc4-n4c6ccccc6c6cc7ccccc7cc64)oc4ccccc45)nc(-c4cccc5ccccc45)n3)cc2)cc1. The summed E-state index contributed by atoms with van der Waals surface area (Å²) in [5, 5.41) is 8.97. The van der Waals surface area contributed by atoms with Gasteiger partial charge in [0.1, 0.15) is 11.2 Å². The van der Waals surface area contributed by atoms with Crippen LogP contribution in [0, 0.1) is 0 Å². The lowest BCUT2D eigenvalue weighted by Crippen LogP contribution is -2.04. The van der Waals surface area contributed by atoms with Gasteiger partial charge in [0.05, 0.1) is 16.7 Å². The first-order chi connectivity index (χ1) is 28.7. The maximum absolute atomic E-state index is 6.59. The second kappa shape index (κ2) is 12.8. The molecule has 58 heavy (non-hydrogen) atoms. The van der Waals surface area contributed by atoms with Gasteiger partial charge in [0, 0.05) is 44.3 Å². The van der Waals surface area contributed by atoms with Crippen LogP contribution >= 0.6 is 0 Å². The first-order valence-corrected chi connectivity index (χ1v) is 19.5. The Hall–Kier alpha value is -7.89. The predicted octanol–water partition coefficient (Wildman–Crippen LogP) is 13.8. The van der Waals surface area contributed by atoms with Crippen LogP contribution in [-0.2, 0) is 0 Å². The molecular formula is C53H32N4O. The van der Waals surface area contributed by atoms with E-state index in [0.29, 0.717) is 17.5 Å². The summed E-state index contributed by atoms with van der Waals surface area (Å²) in [6.45, 7) is 0. The number of aromatic nitrogens is 4. The molecule has 3 aromatic heterocycles. The van der Waals surface area contributed by atoms with Crippen molar-refractivity contribution in [3.8, 4) is 51.0 Å². The fraction of sp³-hybridized carbons (Fsp3) is 0. The zero-order valence-corrected chi connectivity index (χ0v) is 31.2. The fourth-order valence-corrected chi connectivity index (χ4v) is 8.65. The van der Waals surface area contributed by atoms with Crippen LogP contribution in [0.2, 0.25) is 0 Å². The van der Waals surface area contributed by atoms with Crippen LogP contribution < -0.4 is 0 Å². The minimum atomic E-state index is 0.578. The minimum Gasteiger partial charge on any atom is -0.456 e. The summed E-state index contributed by atoms with van der Waals surface area (Å²) in [5.41, 5.74) is 9.76. The molecule has 270 valence electrons. The van der Waals surface area contributed by atoms with Gasteiger partial charge in [0.15, 0.2) is 17.5 Å². The lowest BCUT2D eigenvalue weighted by molar-refractivity contribution is 0.668. The molecule has 0 N–H and O–H groups in total. The molecule has 0 aliphatic rings. The van der Waals surface area contributed by atoms with Crippen LogP contribution in [0.3, 0.4) is 0 Å². The Morgan fingerprint density at radius 1 is 0.328 bits per heavy atom. The van der Waals surface area contributed by atoms with Crippen LogP contribution in [0.4, 0.5) is 0 Å². The molecule has 0 atom stereocenters. The molecule has 0 aliphatic carbocycles. The summed E-state index contributed by atoms with van der Waals surface area (Å²) in [7, 11) is 0. The summed E-state index contributed by atoms with van der Waals surface area (Å²) in [6, 6.07) is 68.0. The summed E-state index contributed by atoms with van der Waals surface area (Å²) in [6.07, 6.45) is 0.